The first kappa shape index (κ1) is 23.3. The third kappa shape index (κ3) is 4.59. The fourth-order valence-corrected chi connectivity index (χ4v) is 5.54. The second-order valence-electron chi connectivity index (χ2n) is 10.0. The lowest BCUT2D eigenvalue weighted by molar-refractivity contribution is -0.121. The number of H-pyrrole nitrogens is 1. The largest absolute Gasteiger partial charge is 0.339 e. The number of rotatable bonds is 8. The average molecular weight is 476 g/mol. The van der Waals surface area contributed by atoms with E-state index in [1.54, 1.807) is 7.05 Å². The van der Waals surface area contributed by atoms with Crippen LogP contribution in [0.1, 0.15) is 60.4 Å². The first-order valence-electron chi connectivity index (χ1n) is 12.5. The minimum atomic E-state index is -0.606. The Morgan fingerprint density at radius 2 is 1.71 bits per heavy atom. The zero-order chi connectivity index (χ0) is 24.5. The van der Waals surface area contributed by atoms with E-state index in [-0.39, 0.29) is 17.7 Å². The van der Waals surface area contributed by atoms with E-state index in [1.807, 2.05) is 38.1 Å². The lowest BCUT2D eigenvalue weighted by atomic mass is 9.62. The third-order valence-corrected chi connectivity index (χ3v) is 7.86. The second-order valence-corrected chi connectivity index (χ2v) is 10.0. The lowest BCUT2D eigenvalue weighted by Crippen LogP contribution is -2.54. The van der Waals surface area contributed by atoms with Crippen LogP contribution in [-0.2, 0) is 11.8 Å². The van der Waals surface area contributed by atoms with Gasteiger partial charge in [-0.2, -0.15) is 5.10 Å². The van der Waals surface area contributed by atoms with E-state index in [1.165, 1.54) is 23.7 Å². The highest BCUT2D eigenvalue weighted by Crippen LogP contribution is 2.46. The molecule has 5 rings (SSSR count). The highest BCUT2D eigenvalue weighted by Gasteiger charge is 2.44. The topological polar surface area (TPSA) is 118 Å². The molecule has 2 amide bonds. The number of nitrogens with zero attached hydrogens (tertiary/aromatic N) is 4. The van der Waals surface area contributed by atoms with Crippen LogP contribution in [-0.4, -0.2) is 43.0 Å². The summed E-state index contributed by atoms with van der Waals surface area (Å²) in [4.78, 5) is 26.8. The summed E-state index contributed by atoms with van der Waals surface area (Å²) in [5.41, 5.74) is 5.13. The number of anilines is 1. The molecule has 9 nitrogen and oxygen atoms in total. The number of amides is 2. The maximum atomic E-state index is 13.7. The Balaban J connectivity index is 1.38. The van der Waals surface area contributed by atoms with Crippen molar-refractivity contribution in [2.75, 3.05) is 5.32 Å². The predicted molar refractivity (Wildman–Crippen MR) is 133 cm³/mol. The first-order valence-corrected chi connectivity index (χ1v) is 12.5. The van der Waals surface area contributed by atoms with Gasteiger partial charge in [0.2, 0.25) is 5.91 Å². The quantitative estimate of drug-likeness (QED) is 0.458. The first-order chi connectivity index (χ1) is 16.9. The average Bonchev–Trinajstić information content (AvgIpc) is 3.34. The lowest BCUT2D eigenvalue weighted by Gasteiger charge is -2.46. The van der Waals surface area contributed by atoms with E-state index in [2.05, 4.69) is 31.1 Å². The van der Waals surface area contributed by atoms with Gasteiger partial charge in [-0.05, 0) is 49.3 Å². The normalized spacial score (nSPS) is 17.0. The fraction of sp³-hybridized carbons (Fsp3) is 0.500. The molecule has 3 aromatic rings. The molecule has 0 spiro atoms. The maximum absolute atomic E-state index is 13.7. The number of benzene rings is 1. The summed E-state index contributed by atoms with van der Waals surface area (Å²) in [6.07, 6.45) is 8.29. The highest BCUT2D eigenvalue weighted by molar-refractivity contribution is 6.00. The molecule has 2 saturated carbocycles. The monoisotopic (exact) mass is 475 g/mol. The van der Waals surface area contributed by atoms with Gasteiger partial charge in [0.15, 0.2) is 0 Å². The minimum absolute atomic E-state index is 0.137. The van der Waals surface area contributed by atoms with Gasteiger partial charge in [0, 0.05) is 24.0 Å². The molecule has 0 unspecified atom stereocenters. The number of carbonyl (C=O) groups is 2. The van der Waals surface area contributed by atoms with Crippen LogP contribution in [0, 0.1) is 31.6 Å². The van der Waals surface area contributed by atoms with Gasteiger partial charge < -0.3 is 10.6 Å². The van der Waals surface area contributed by atoms with E-state index in [0.29, 0.717) is 23.2 Å². The molecule has 2 aromatic heterocycles. The van der Waals surface area contributed by atoms with Crippen molar-refractivity contribution < 1.29 is 9.59 Å². The molecule has 1 atom stereocenters. The summed E-state index contributed by atoms with van der Waals surface area (Å²) in [6, 6.07) is 7.19. The van der Waals surface area contributed by atoms with Gasteiger partial charge >= 0.3 is 0 Å². The molecule has 2 aliphatic carbocycles. The molecule has 0 radical (unpaired) electrons. The van der Waals surface area contributed by atoms with Gasteiger partial charge in [-0.25, -0.2) is 4.68 Å². The van der Waals surface area contributed by atoms with E-state index in [0.717, 1.165) is 48.2 Å². The van der Waals surface area contributed by atoms with Crippen LogP contribution in [0.2, 0.25) is 0 Å². The van der Waals surface area contributed by atoms with Crippen molar-refractivity contribution in [3.63, 3.8) is 0 Å². The Morgan fingerprint density at radius 3 is 2.20 bits per heavy atom. The minimum Gasteiger partial charge on any atom is -0.339 e. The zero-order valence-electron chi connectivity index (χ0n) is 20.5. The molecule has 35 heavy (non-hydrogen) atoms. The summed E-state index contributed by atoms with van der Waals surface area (Å²) < 4.78 is 1.44. The molecule has 1 aromatic carbocycles. The number of aryl methyl sites for hydroxylation is 3. The summed E-state index contributed by atoms with van der Waals surface area (Å²) in [5, 5.41) is 21.1. The molecule has 184 valence electrons. The smallest absolute Gasteiger partial charge is 0.271 e. The number of hydrogen-bond acceptors (Lipinski definition) is 5. The molecular formula is C26H33N7O2. The molecule has 3 N–H and O–H groups in total. The number of hydrogen-bond donors (Lipinski definition) is 3. The van der Waals surface area contributed by atoms with E-state index in [4.69, 9.17) is 0 Å². The van der Waals surface area contributed by atoms with Crippen molar-refractivity contribution in [3.05, 3.63) is 47.5 Å². The number of aromatic nitrogens is 5. The number of aromatic amines is 1. The van der Waals surface area contributed by atoms with Crippen molar-refractivity contribution in [1.82, 2.24) is 30.5 Å². The van der Waals surface area contributed by atoms with Crippen LogP contribution in [0.25, 0.3) is 11.1 Å². The molecule has 2 fully saturated rings. The van der Waals surface area contributed by atoms with Gasteiger partial charge in [-0.3, -0.25) is 14.7 Å². The number of carbonyl (C=O) groups excluding carboxylic acids is 2. The second kappa shape index (κ2) is 9.64. The fourth-order valence-electron chi connectivity index (χ4n) is 5.54. The summed E-state index contributed by atoms with van der Waals surface area (Å²) in [6.45, 7) is 3.97. The van der Waals surface area contributed by atoms with Crippen molar-refractivity contribution >= 4 is 17.5 Å². The van der Waals surface area contributed by atoms with Crippen molar-refractivity contribution in [2.45, 2.75) is 58.4 Å². The van der Waals surface area contributed by atoms with Crippen molar-refractivity contribution in [1.29, 1.82) is 0 Å². The van der Waals surface area contributed by atoms with Gasteiger partial charge in [0.25, 0.3) is 5.91 Å². The predicted octanol–water partition coefficient (Wildman–Crippen LogP) is 3.78. The maximum Gasteiger partial charge on any atom is 0.271 e. The van der Waals surface area contributed by atoms with Gasteiger partial charge in [0.1, 0.15) is 11.7 Å². The molecule has 0 saturated heterocycles. The Hall–Kier alpha value is -3.49. The molecule has 9 heteroatoms. The summed E-state index contributed by atoms with van der Waals surface area (Å²) in [5.74, 6) is 0.590. The van der Waals surface area contributed by atoms with Crippen LogP contribution in [0.4, 0.5) is 5.69 Å². The van der Waals surface area contributed by atoms with Crippen LogP contribution < -0.4 is 10.6 Å². The SMILES string of the molecule is Cc1n[nH]c(C)c1-c1ccc(NC(=O)[C@@H](NC(=O)c2cnnn2C)C(C2CCC2)C2CCC2)cc1. The highest BCUT2D eigenvalue weighted by atomic mass is 16.2. The van der Waals surface area contributed by atoms with Gasteiger partial charge in [-0.1, -0.05) is 55.9 Å². The summed E-state index contributed by atoms with van der Waals surface area (Å²) in [7, 11) is 1.68. The standard InChI is InChI=1S/C26H33N7O2/c1-15-22(16(2)31-30-15)19-10-12-20(13-11-19)28-26(35)24(29-25(34)21-14-27-32-33(21)3)23(17-6-4-7-17)18-8-5-9-18/h10-14,17-18,23-24H,4-9H2,1-3H3,(H,28,35)(H,29,34)(H,30,31)/t24-/m0/s1. The number of nitrogens with one attached hydrogen (secondary N) is 3. The van der Waals surface area contributed by atoms with Crippen LogP contribution in [0.15, 0.2) is 30.5 Å². The van der Waals surface area contributed by atoms with Crippen molar-refractivity contribution in [2.24, 2.45) is 24.8 Å². The van der Waals surface area contributed by atoms with Crippen LogP contribution in [0.3, 0.4) is 0 Å². The van der Waals surface area contributed by atoms with Gasteiger partial charge in [-0.15, -0.1) is 5.10 Å². The van der Waals surface area contributed by atoms with E-state index < -0.39 is 6.04 Å². The Labute approximate surface area is 205 Å². The van der Waals surface area contributed by atoms with E-state index >= 15 is 0 Å². The zero-order valence-corrected chi connectivity index (χ0v) is 20.5. The Kier molecular flexibility index (Phi) is 6.40. The molecule has 0 aliphatic heterocycles. The molecule has 2 heterocycles. The Morgan fingerprint density at radius 1 is 1.06 bits per heavy atom. The van der Waals surface area contributed by atoms with Gasteiger partial charge in [0.05, 0.1) is 11.9 Å². The Bertz CT molecular complexity index is 1170. The van der Waals surface area contributed by atoms with Crippen LogP contribution in [0.5, 0.6) is 0 Å². The summed E-state index contributed by atoms with van der Waals surface area (Å²) >= 11 is 0. The van der Waals surface area contributed by atoms with Crippen molar-refractivity contribution in [3.8, 4) is 11.1 Å². The third-order valence-electron chi connectivity index (χ3n) is 7.86. The molecule has 2 aliphatic rings. The molecular weight excluding hydrogens is 442 g/mol. The van der Waals surface area contributed by atoms with Crippen LogP contribution >= 0.6 is 0 Å². The molecule has 0 bridgehead atoms. The van der Waals surface area contributed by atoms with E-state index in [9.17, 15) is 9.59 Å².